The molecule has 0 aromatic heterocycles. The predicted octanol–water partition coefficient (Wildman–Crippen LogP) is 2.22. The van der Waals surface area contributed by atoms with E-state index in [0.717, 1.165) is 53.4 Å². The first kappa shape index (κ1) is 17.5. The molecule has 5 heteroatoms. The highest BCUT2D eigenvalue weighted by Crippen LogP contribution is 2.28. The fraction of sp³-hybridized carbons (Fsp3) is 0.273. The normalized spacial score (nSPS) is 15.2. The first-order valence-electron chi connectivity index (χ1n) is 9.30. The summed E-state index contributed by atoms with van der Waals surface area (Å²) in [5.74, 6) is 0.0435. The van der Waals surface area contributed by atoms with Crippen molar-refractivity contribution in [2.45, 2.75) is 0 Å². The van der Waals surface area contributed by atoms with Gasteiger partial charge in [-0.1, -0.05) is 48.5 Å². The second-order valence-electron chi connectivity index (χ2n) is 6.93. The molecule has 0 saturated carbocycles. The topological polar surface area (TPSA) is 52.7 Å². The summed E-state index contributed by atoms with van der Waals surface area (Å²) >= 11 is 0. The van der Waals surface area contributed by atoms with E-state index in [2.05, 4.69) is 21.2 Å². The smallest absolute Gasteiger partial charge is 0.233 e. The van der Waals surface area contributed by atoms with Crippen molar-refractivity contribution in [1.29, 1.82) is 0 Å². The molecule has 1 aliphatic rings. The highest BCUT2D eigenvalue weighted by molar-refractivity contribution is 6.01. The third-order valence-electron chi connectivity index (χ3n) is 5.30. The molecule has 1 fully saturated rings. The van der Waals surface area contributed by atoms with E-state index in [0.29, 0.717) is 6.54 Å². The van der Waals surface area contributed by atoms with E-state index in [1.807, 2.05) is 48.5 Å². The van der Waals surface area contributed by atoms with Crippen molar-refractivity contribution >= 4 is 33.1 Å². The van der Waals surface area contributed by atoms with Crippen molar-refractivity contribution in [1.82, 2.24) is 10.2 Å². The fourth-order valence-electron chi connectivity index (χ4n) is 3.79. The molecule has 1 heterocycles. The van der Waals surface area contributed by atoms with Crippen molar-refractivity contribution in [3.8, 4) is 0 Å². The maximum atomic E-state index is 13.1. The molecular formula is C22H23N3O2. The third-order valence-corrected chi connectivity index (χ3v) is 5.30. The van der Waals surface area contributed by atoms with Gasteiger partial charge in [0.1, 0.15) is 0 Å². The van der Waals surface area contributed by atoms with E-state index in [4.69, 9.17) is 0 Å². The Balaban J connectivity index is 1.77. The number of likely N-dealkylation sites (N-methyl/N-ethyl adjacent to an activating group) is 1. The number of anilines is 1. The second-order valence-corrected chi connectivity index (χ2v) is 6.93. The Hall–Kier alpha value is -2.92. The van der Waals surface area contributed by atoms with Gasteiger partial charge < -0.3 is 10.2 Å². The SMILES string of the molecule is CNC(=O)CN1CCN(c2cc3ccccc3c(=O)c3ccccc23)CC1. The standard InChI is InChI=1S/C22H23N3O2/c1-23-21(26)15-24-10-12-25(13-11-24)20-14-16-6-2-3-7-17(16)22(27)19-9-5-4-8-18(19)20/h2-9,14H,10-13,15H2,1H3,(H,23,26). The minimum Gasteiger partial charge on any atom is -0.368 e. The van der Waals surface area contributed by atoms with Crippen molar-refractivity contribution in [3.63, 3.8) is 0 Å². The summed E-state index contributed by atoms with van der Waals surface area (Å²) in [7, 11) is 1.67. The maximum Gasteiger partial charge on any atom is 0.233 e. The minimum absolute atomic E-state index is 0.0435. The van der Waals surface area contributed by atoms with Gasteiger partial charge >= 0.3 is 0 Å². The van der Waals surface area contributed by atoms with Crippen LogP contribution in [0, 0.1) is 0 Å². The molecule has 0 radical (unpaired) electrons. The molecule has 0 bridgehead atoms. The van der Waals surface area contributed by atoms with Crippen LogP contribution in [0.4, 0.5) is 5.69 Å². The first-order valence-corrected chi connectivity index (χ1v) is 9.30. The van der Waals surface area contributed by atoms with Gasteiger partial charge in [-0.3, -0.25) is 14.5 Å². The van der Waals surface area contributed by atoms with Crippen LogP contribution in [0.1, 0.15) is 0 Å². The van der Waals surface area contributed by atoms with Gasteiger partial charge in [0.2, 0.25) is 5.91 Å². The van der Waals surface area contributed by atoms with Crippen molar-refractivity contribution in [2.24, 2.45) is 0 Å². The highest BCUT2D eigenvalue weighted by Gasteiger charge is 2.20. The second kappa shape index (κ2) is 7.37. The number of carbonyl (C=O) groups is 1. The van der Waals surface area contributed by atoms with Gasteiger partial charge in [0.25, 0.3) is 0 Å². The van der Waals surface area contributed by atoms with Crippen LogP contribution in [-0.4, -0.2) is 50.6 Å². The zero-order chi connectivity index (χ0) is 18.8. The van der Waals surface area contributed by atoms with Gasteiger partial charge in [0, 0.05) is 55.1 Å². The van der Waals surface area contributed by atoms with E-state index in [1.54, 1.807) is 7.05 Å². The zero-order valence-corrected chi connectivity index (χ0v) is 15.4. The van der Waals surface area contributed by atoms with Crippen molar-refractivity contribution < 1.29 is 4.79 Å². The molecule has 1 saturated heterocycles. The summed E-state index contributed by atoms with van der Waals surface area (Å²) in [4.78, 5) is 29.2. The quantitative estimate of drug-likeness (QED) is 0.777. The van der Waals surface area contributed by atoms with E-state index >= 15 is 0 Å². The Bertz CT molecular complexity index is 1060. The summed E-state index contributed by atoms with van der Waals surface area (Å²) in [6.07, 6.45) is 0. The van der Waals surface area contributed by atoms with Gasteiger partial charge in [0.15, 0.2) is 5.43 Å². The maximum absolute atomic E-state index is 13.1. The average molecular weight is 361 g/mol. The molecule has 0 unspecified atom stereocenters. The first-order chi connectivity index (χ1) is 13.2. The van der Waals surface area contributed by atoms with Crippen LogP contribution in [0.2, 0.25) is 0 Å². The monoisotopic (exact) mass is 361 g/mol. The number of fused-ring (bicyclic) bond motifs is 2. The number of hydrogen-bond donors (Lipinski definition) is 1. The summed E-state index contributed by atoms with van der Waals surface area (Å²) in [5.41, 5.74) is 1.16. The number of hydrogen-bond acceptors (Lipinski definition) is 4. The number of piperazine rings is 1. The lowest BCUT2D eigenvalue weighted by atomic mass is 10.1. The molecule has 0 atom stereocenters. The number of benzene rings is 2. The van der Waals surface area contributed by atoms with Crippen LogP contribution >= 0.6 is 0 Å². The molecule has 3 aromatic rings. The number of carbonyl (C=O) groups excluding carboxylic acids is 1. The van der Waals surface area contributed by atoms with Crippen LogP contribution in [0.15, 0.2) is 59.4 Å². The Morgan fingerprint density at radius 3 is 2.26 bits per heavy atom. The molecule has 27 heavy (non-hydrogen) atoms. The van der Waals surface area contributed by atoms with Gasteiger partial charge in [-0.15, -0.1) is 0 Å². The molecule has 4 rings (SSSR count). The fourth-order valence-corrected chi connectivity index (χ4v) is 3.79. The molecule has 138 valence electrons. The van der Waals surface area contributed by atoms with Gasteiger partial charge in [-0.05, 0) is 11.5 Å². The third kappa shape index (κ3) is 3.38. The van der Waals surface area contributed by atoms with Gasteiger partial charge in [-0.2, -0.15) is 0 Å². The summed E-state index contributed by atoms with van der Waals surface area (Å²) in [6.45, 7) is 3.73. The van der Waals surface area contributed by atoms with E-state index in [1.165, 1.54) is 0 Å². The van der Waals surface area contributed by atoms with Crippen LogP contribution in [0.5, 0.6) is 0 Å². The Kier molecular flexibility index (Phi) is 4.77. The largest absolute Gasteiger partial charge is 0.368 e. The molecule has 1 aliphatic heterocycles. The molecule has 0 aliphatic carbocycles. The van der Waals surface area contributed by atoms with Crippen molar-refractivity contribution in [3.05, 3.63) is 64.8 Å². The van der Waals surface area contributed by atoms with E-state index < -0.39 is 0 Å². The lowest BCUT2D eigenvalue weighted by Gasteiger charge is -2.36. The van der Waals surface area contributed by atoms with Crippen LogP contribution in [0.3, 0.4) is 0 Å². The molecule has 3 aromatic carbocycles. The predicted molar refractivity (Wildman–Crippen MR) is 110 cm³/mol. The number of nitrogens with one attached hydrogen (secondary N) is 1. The number of nitrogens with zero attached hydrogens (tertiary/aromatic N) is 2. The Morgan fingerprint density at radius 2 is 1.56 bits per heavy atom. The molecule has 1 amide bonds. The van der Waals surface area contributed by atoms with Gasteiger partial charge in [-0.25, -0.2) is 0 Å². The lowest BCUT2D eigenvalue weighted by Crippen LogP contribution is -2.49. The molecule has 5 nitrogen and oxygen atoms in total. The van der Waals surface area contributed by atoms with Gasteiger partial charge in [0.05, 0.1) is 6.54 Å². The summed E-state index contributed by atoms with van der Waals surface area (Å²) < 4.78 is 0. The Labute approximate surface area is 158 Å². The number of rotatable bonds is 3. The van der Waals surface area contributed by atoms with Crippen molar-refractivity contribution in [2.75, 3.05) is 44.7 Å². The van der Waals surface area contributed by atoms with Crippen LogP contribution in [-0.2, 0) is 4.79 Å². The number of amides is 1. The zero-order valence-electron chi connectivity index (χ0n) is 15.4. The Morgan fingerprint density at radius 1 is 0.926 bits per heavy atom. The summed E-state index contributed by atoms with van der Waals surface area (Å²) in [6, 6.07) is 17.8. The molecule has 1 N–H and O–H groups in total. The highest BCUT2D eigenvalue weighted by atomic mass is 16.2. The lowest BCUT2D eigenvalue weighted by molar-refractivity contribution is -0.121. The minimum atomic E-state index is 0.0435. The van der Waals surface area contributed by atoms with E-state index in [-0.39, 0.29) is 11.3 Å². The average Bonchev–Trinajstić information content (AvgIpc) is 2.84. The van der Waals surface area contributed by atoms with Crippen LogP contribution in [0.25, 0.3) is 21.5 Å². The molecule has 0 spiro atoms. The van der Waals surface area contributed by atoms with Crippen LogP contribution < -0.4 is 15.6 Å². The summed E-state index contributed by atoms with van der Waals surface area (Å²) in [5, 5.41) is 6.13. The van der Waals surface area contributed by atoms with E-state index in [9.17, 15) is 9.59 Å². The molecular weight excluding hydrogens is 338 g/mol.